The minimum Gasteiger partial charge on any atom is -0.384 e. The van der Waals surface area contributed by atoms with Gasteiger partial charge in [0.2, 0.25) is 0 Å². The molecule has 0 saturated carbocycles. The normalized spacial score (nSPS) is 9.86. The first-order valence-corrected chi connectivity index (χ1v) is 6.56. The van der Waals surface area contributed by atoms with Crippen LogP contribution in [0.2, 0.25) is 0 Å². The Hall–Kier alpha value is -2.58. The minimum atomic E-state index is -0.231. The number of aliphatic hydroxyl groups excluding tert-OH is 1. The Morgan fingerprint density at radius 3 is 2.95 bits per heavy atom. The Morgan fingerprint density at radius 1 is 1.48 bits per heavy atom. The van der Waals surface area contributed by atoms with E-state index >= 15 is 0 Å². The molecule has 108 valence electrons. The van der Waals surface area contributed by atoms with E-state index < -0.39 is 0 Å². The predicted octanol–water partition coefficient (Wildman–Crippen LogP) is 1.00. The molecule has 21 heavy (non-hydrogen) atoms. The van der Waals surface area contributed by atoms with Gasteiger partial charge in [-0.15, -0.1) is 0 Å². The monoisotopic (exact) mass is 283 g/mol. The molecule has 2 aromatic rings. The van der Waals surface area contributed by atoms with Crippen LogP contribution in [-0.4, -0.2) is 27.4 Å². The van der Waals surface area contributed by atoms with Gasteiger partial charge in [0.05, 0.1) is 11.8 Å². The summed E-state index contributed by atoms with van der Waals surface area (Å²) in [7, 11) is 1.83. The number of aromatic nitrogens is 2. The summed E-state index contributed by atoms with van der Waals surface area (Å²) in [6.07, 6.45) is 3.56. The fourth-order valence-electron chi connectivity index (χ4n) is 1.93. The molecule has 0 unspecified atom stereocenters. The Morgan fingerprint density at radius 2 is 2.29 bits per heavy atom. The van der Waals surface area contributed by atoms with Crippen LogP contribution in [0.1, 0.15) is 27.0 Å². The quantitative estimate of drug-likeness (QED) is 0.826. The van der Waals surface area contributed by atoms with Gasteiger partial charge in [-0.05, 0) is 24.6 Å². The number of amides is 1. The first-order chi connectivity index (χ1) is 10.1. The predicted molar refractivity (Wildman–Crippen MR) is 79.5 cm³/mol. The summed E-state index contributed by atoms with van der Waals surface area (Å²) in [5.74, 6) is 5.19. The van der Waals surface area contributed by atoms with Gasteiger partial charge in [-0.25, -0.2) is 0 Å². The van der Waals surface area contributed by atoms with Crippen molar-refractivity contribution >= 4 is 5.91 Å². The average molecular weight is 283 g/mol. The lowest BCUT2D eigenvalue weighted by Crippen LogP contribution is -2.23. The molecule has 0 saturated heterocycles. The number of aliphatic hydroxyl groups is 1. The molecule has 5 nitrogen and oxygen atoms in total. The summed E-state index contributed by atoms with van der Waals surface area (Å²) in [5.41, 5.74) is 3.07. The van der Waals surface area contributed by atoms with E-state index in [0.717, 1.165) is 11.1 Å². The molecule has 1 aromatic heterocycles. The highest BCUT2D eigenvalue weighted by Crippen LogP contribution is 2.11. The highest BCUT2D eigenvalue weighted by Gasteiger charge is 2.10. The lowest BCUT2D eigenvalue weighted by atomic mass is 10.0. The second kappa shape index (κ2) is 6.73. The molecular weight excluding hydrogens is 266 g/mol. The largest absolute Gasteiger partial charge is 0.384 e. The van der Waals surface area contributed by atoms with Crippen molar-refractivity contribution in [2.24, 2.45) is 7.05 Å². The first-order valence-electron chi connectivity index (χ1n) is 6.56. The third-order valence-corrected chi connectivity index (χ3v) is 2.93. The van der Waals surface area contributed by atoms with Crippen LogP contribution in [0.5, 0.6) is 0 Å². The van der Waals surface area contributed by atoms with E-state index in [9.17, 15) is 4.79 Å². The molecule has 2 rings (SSSR count). The van der Waals surface area contributed by atoms with Crippen LogP contribution in [0.25, 0.3) is 0 Å². The molecule has 1 aromatic carbocycles. The number of benzene rings is 1. The van der Waals surface area contributed by atoms with Crippen molar-refractivity contribution in [3.05, 3.63) is 52.8 Å². The SMILES string of the molecule is Cc1ccc(C(=O)NCc2cnn(C)c2)c(C#CCO)c1. The molecule has 0 aliphatic heterocycles. The van der Waals surface area contributed by atoms with E-state index in [2.05, 4.69) is 22.3 Å². The lowest BCUT2D eigenvalue weighted by molar-refractivity contribution is 0.0950. The number of aryl methyl sites for hydroxylation is 2. The van der Waals surface area contributed by atoms with Crippen molar-refractivity contribution in [1.82, 2.24) is 15.1 Å². The molecule has 0 bridgehead atoms. The van der Waals surface area contributed by atoms with Crippen molar-refractivity contribution in [3.63, 3.8) is 0 Å². The molecule has 1 amide bonds. The number of nitrogens with zero attached hydrogens (tertiary/aromatic N) is 2. The first kappa shape index (κ1) is 14.8. The summed E-state index contributed by atoms with van der Waals surface area (Å²) in [4.78, 5) is 12.3. The van der Waals surface area contributed by atoms with Crippen LogP contribution in [0.3, 0.4) is 0 Å². The number of carbonyl (C=O) groups excluding carboxylic acids is 1. The molecule has 0 spiro atoms. The zero-order valence-corrected chi connectivity index (χ0v) is 12.1. The van der Waals surface area contributed by atoms with Gasteiger partial charge in [0.1, 0.15) is 6.61 Å². The van der Waals surface area contributed by atoms with E-state index in [1.165, 1.54) is 0 Å². The summed E-state index contributed by atoms with van der Waals surface area (Å²) < 4.78 is 1.69. The second-order valence-electron chi connectivity index (χ2n) is 4.71. The maximum absolute atomic E-state index is 12.3. The van der Waals surface area contributed by atoms with Gasteiger partial charge in [0, 0.05) is 30.9 Å². The van der Waals surface area contributed by atoms with Crippen molar-refractivity contribution in [2.75, 3.05) is 6.61 Å². The van der Waals surface area contributed by atoms with Gasteiger partial charge < -0.3 is 10.4 Å². The highest BCUT2D eigenvalue weighted by molar-refractivity contribution is 5.96. The van der Waals surface area contributed by atoms with Gasteiger partial charge in [-0.2, -0.15) is 5.10 Å². The Balaban J connectivity index is 2.14. The summed E-state index contributed by atoms with van der Waals surface area (Å²) >= 11 is 0. The maximum atomic E-state index is 12.3. The van der Waals surface area contributed by atoms with Crippen LogP contribution in [0, 0.1) is 18.8 Å². The van der Waals surface area contributed by atoms with Crippen molar-refractivity contribution < 1.29 is 9.90 Å². The third kappa shape index (κ3) is 3.94. The van der Waals surface area contributed by atoms with Gasteiger partial charge in [0.15, 0.2) is 0 Å². The molecule has 1 heterocycles. The number of carbonyl (C=O) groups is 1. The van der Waals surface area contributed by atoms with Gasteiger partial charge >= 0.3 is 0 Å². The van der Waals surface area contributed by atoms with E-state index in [4.69, 9.17) is 5.11 Å². The smallest absolute Gasteiger partial charge is 0.252 e. The number of hydrogen-bond acceptors (Lipinski definition) is 3. The van der Waals surface area contributed by atoms with E-state index in [1.54, 1.807) is 16.9 Å². The fourth-order valence-corrected chi connectivity index (χ4v) is 1.93. The Labute approximate surface area is 123 Å². The maximum Gasteiger partial charge on any atom is 0.252 e. The number of hydrogen-bond donors (Lipinski definition) is 2. The molecular formula is C16H17N3O2. The molecule has 5 heteroatoms. The summed E-state index contributed by atoms with van der Waals surface area (Å²) in [6.45, 7) is 2.11. The molecule has 2 N–H and O–H groups in total. The van der Waals surface area contributed by atoms with E-state index in [0.29, 0.717) is 17.7 Å². The van der Waals surface area contributed by atoms with Gasteiger partial charge in [-0.1, -0.05) is 17.9 Å². The standard InChI is InChI=1S/C16H17N3O2/c1-12-5-6-15(14(8-12)4-3-7-20)16(21)17-9-13-10-18-19(2)11-13/h5-6,8,10-11,20H,7,9H2,1-2H3,(H,17,21). The van der Waals surface area contributed by atoms with Gasteiger partial charge in [0.25, 0.3) is 5.91 Å². The third-order valence-electron chi connectivity index (χ3n) is 2.93. The Kier molecular flexibility index (Phi) is 4.75. The highest BCUT2D eigenvalue weighted by atomic mass is 16.2. The molecule has 0 atom stereocenters. The fraction of sp³-hybridized carbons (Fsp3) is 0.250. The van der Waals surface area contributed by atoms with Crippen LogP contribution in [-0.2, 0) is 13.6 Å². The summed E-state index contributed by atoms with van der Waals surface area (Å²) in [6, 6.07) is 5.44. The number of rotatable bonds is 3. The topological polar surface area (TPSA) is 67.2 Å². The van der Waals surface area contributed by atoms with Crippen LogP contribution < -0.4 is 5.32 Å². The molecule has 0 fully saturated rings. The number of nitrogens with one attached hydrogen (secondary N) is 1. The van der Waals surface area contributed by atoms with Crippen LogP contribution in [0.15, 0.2) is 30.6 Å². The van der Waals surface area contributed by atoms with Crippen molar-refractivity contribution in [2.45, 2.75) is 13.5 Å². The average Bonchev–Trinajstić information content (AvgIpc) is 2.88. The van der Waals surface area contributed by atoms with Gasteiger partial charge in [-0.3, -0.25) is 9.48 Å². The zero-order chi connectivity index (χ0) is 15.2. The summed E-state index contributed by atoms with van der Waals surface area (Å²) in [5, 5.41) is 15.7. The van der Waals surface area contributed by atoms with Crippen LogP contribution in [0.4, 0.5) is 0 Å². The van der Waals surface area contributed by atoms with E-state index in [1.807, 2.05) is 32.3 Å². The molecule has 0 aliphatic carbocycles. The van der Waals surface area contributed by atoms with E-state index in [-0.39, 0.29) is 12.5 Å². The van der Waals surface area contributed by atoms with Crippen LogP contribution >= 0.6 is 0 Å². The molecule has 0 radical (unpaired) electrons. The minimum absolute atomic E-state index is 0.193. The zero-order valence-electron chi connectivity index (χ0n) is 12.1. The Bertz CT molecular complexity index is 708. The second-order valence-corrected chi connectivity index (χ2v) is 4.71. The van der Waals surface area contributed by atoms with Crippen molar-refractivity contribution in [3.8, 4) is 11.8 Å². The molecule has 0 aliphatic rings. The lowest BCUT2D eigenvalue weighted by Gasteiger charge is -2.07. The van der Waals surface area contributed by atoms with Crippen molar-refractivity contribution in [1.29, 1.82) is 0 Å².